The van der Waals surface area contributed by atoms with Crippen molar-refractivity contribution >= 4 is 40.4 Å². The highest BCUT2D eigenvalue weighted by Crippen LogP contribution is 2.24. The molecule has 0 saturated heterocycles. The van der Waals surface area contributed by atoms with Gasteiger partial charge < -0.3 is 24.8 Å². The van der Waals surface area contributed by atoms with Gasteiger partial charge in [-0.2, -0.15) is 8.78 Å². The van der Waals surface area contributed by atoms with E-state index in [1.165, 1.54) is 25.4 Å². The summed E-state index contributed by atoms with van der Waals surface area (Å²) in [5, 5.41) is 3.04. The molecule has 0 aliphatic rings. The number of likely N-dealkylation sites (N-methyl/N-ethyl adjacent to an activating group) is 2. The maximum absolute atomic E-state index is 13.2. The predicted octanol–water partition coefficient (Wildman–Crippen LogP) is 2.17. The molecule has 0 bridgehead atoms. The molecule has 0 spiro atoms. The largest absolute Gasteiger partial charge is 0.454 e. The van der Waals surface area contributed by atoms with Crippen LogP contribution in [0.4, 0.5) is 8.78 Å². The summed E-state index contributed by atoms with van der Waals surface area (Å²) in [4.78, 5) is 45.4. The molecule has 0 aliphatic heterocycles. The number of pyridine rings is 1. The summed E-state index contributed by atoms with van der Waals surface area (Å²) >= 11 is 0.775. The fraction of sp³-hybridized carbons (Fsp3) is 0.565. The third-order valence-corrected chi connectivity index (χ3v) is 5.51. The number of hydrogen-bond donors (Lipinski definition) is 1. The van der Waals surface area contributed by atoms with Crippen LogP contribution in [0.5, 0.6) is 0 Å². The first-order valence-corrected chi connectivity index (χ1v) is 12.2. The Morgan fingerprint density at radius 1 is 1.26 bits per heavy atom. The van der Waals surface area contributed by atoms with Crippen LogP contribution in [0.1, 0.15) is 29.4 Å². The fourth-order valence-electron chi connectivity index (χ4n) is 2.96. The van der Waals surface area contributed by atoms with Crippen LogP contribution in [0.3, 0.4) is 0 Å². The molecule has 1 N–H and O–H groups in total. The minimum absolute atomic E-state index is 0.0254. The van der Waals surface area contributed by atoms with Crippen molar-refractivity contribution in [3.05, 3.63) is 42.2 Å². The molecule has 1 atom stereocenters. The molecule has 0 fully saturated rings. The predicted molar refractivity (Wildman–Crippen MR) is 137 cm³/mol. The maximum Gasteiger partial charge on any atom is 0.372 e. The van der Waals surface area contributed by atoms with Gasteiger partial charge in [0, 0.05) is 75.0 Å². The Morgan fingerprint density at radius 3 is 2.51 bits per heavy atom. The smallest absolute Gasteiger partial charge is 0.372 e. The van der Waals surface area contributed by atoms with Crippen molar-refractivity contribution in [3.63, 3.8) is 0 Å². The van der Waals surface area contributed by atoms with E-state index in [0.717, 1.165) is 34.0 Å². The van der Waals surface area contributed by atoms with E-state index >= 15 is 0 Å². The molecule has 1 rings (SSSR count). The van der Waals surface area contributed by atoms with Gasteiger partial charge in [0.15, 0.2) is 0 Å². The zero-order valence-electron chi connectivity index (χ0n) is 20.6. The number of amides is 2. The number of carbonyl (C=O) groups excluding carboxylic acids is 3. The number of carbonyl (C=O) groups is 3. The van der Waals surface area contributed by atoms with Crippen molar-refractivity contribution < 1.29 is 27.9 Å². The topological polar surface area (TPSA) is 95.1 Å². The molecule has 1 aromatic rings. The minimum atomic E-state index is -3.50. The molecule has 12 heteroatoms. The summed E-state index contributed by atoms with van der Waals surface area (Å²) in [6, 6.07) is 3.04. The van der Waals surface area contributed by atoms with Gasteiger partial charge in [0.2, 0.25) is 5.91 Å². The average molecular weight is 609 g/mol. The van der Waals surface area contributed by atoms with E-state index in [4.69, 9.17) is 4.74 Å². The molecule has 0 saturated carbocycles. The minimum Gasteiger partial charge on any atom is -0.454 e. The summed E-state index contributed by atoms with van der Waals surface area (Å²) < 4.78 is 28.2. The molecule has 9 nitrogen and oxygen atoms in total. The molecular formula is C23H34F2IN5O4. The lowest BCUT2D eigenvalue weighted by Gasteiger charge is -2.23. The number of alkyl halides is 3. The monoisotopic (exact) mass is 609 g/mol. The molecule has 2 amide bonds. The van der Waals surface area contributed by atoms with Gasteiger partial charge in [-0.25, -0.2) is 4.79 Å². The quantitative estimate of drug-likeness (QED) is 0.141. The van der Waals surface area contributed by atoms with Crippen LogP contribution < -0.4 is 5.32 Å². The SMILES string of the molecule is C=CC(CCN(C)C(=O)C(F)(F)I)OC(=O)c1ccnc(CNCC(=O)N(CC)CCN(C)C)c1. The van der Waals surface area contributed by atoms with Crippen molar-refractivity contribution in [3.8, 4) is 0 Å². The third-order valence-electron chi connectivity index (χ3n) is 5.05. The molecular weight excluding hydrogens is 575 g/mol. The van der Waals surface area contributed by atoms with E-state index in [2.05, 4.69) is 16.9 Å². The number of nitrogens with zero attached hydrogens (tertiary/aromatic N) is 4. The van der Waals surface area contributed by atoms with Crippen LogP contribution in [0, 0.1) is 0 Å². The Hall–Kier alpha value is -2.19. The Kier molecular flexibility index (Phi) is 13.3. The van der Waals surface area contributed by atoms with E-state index < -0.39 is 21.9 Å². The molecule has 1 unspecified atom stereocenters. The standard InChI is InChI=1S/C23H34F2IN5O4/c1-6-19(9-11-30(5)22(34)23(24,25)26)35-21(33)17-8-10-28-18(14-17)15-27-16-20(32)31(7-2)13-12-29(3)4/h6,8,10,14,19,27H,1,7,9,11-13,15-16H2,2-5H3. The Morgan fingerprint density at radius 2 is 1.94 bits per heavy atom. The summed E-state index contributed by atoms with van der Waals surface area (Å²) in [7, 11) is 5.15. The first-order chi connectivity index (χ1) is 16.4. The third kappa shape index (κ3) is 11.4. The molecule has 35 heavy (non-hydrogen) atoms. The highest BCUT2D eigenvalue weighted by Gasteiger charge is 2.37. The first-order valence-electron chi connectivity index (χ1n) is 11.1. The van der Waals surface area contributed by atoms with Gasteiger partial charge in [-0.05, 0) is 33.2 Å². The van der Waals surface area contributed by atoms with Gasteiger partial charge in [-0.3, -0.25) is 14.6 Å². The van der Waals surface area contributed by atoms with Crippen molar-refractivity contribution in [2.24, 2.45) is 0 Å². The molecule has 0 aromatic carbocycles. The zero-order valence-corrected chi connectivity index (χ0v) is 22.8. The average Bonchev–Trinajstić information content (AvgIpc) is 2.80. The van der Waals surface area contributed by atoms with E-state index in [1.54, 1.807) is 11.0 Å². The lowest BCUT2D eigenvalue weighted by molar-refractivity contribution is -0.143. The van der Waals surface area contributed by atoms with Gasteiger partial charge in [-0.1, -0.05) is 12.7 Å². The zero-order chi connectivity index (χ0) is 26.6. The van der Waals surface area contributed by atoms with Gasteiger partial charge >= 0.3 is 15.8 Å². The van der Waals surface area contributed by atoms with Crippen LogP contribution in [-0.2, 0) is 20.9 Å². The normalized spacial score (nSPS) is 12.2. The molecule has 0 aliphatic carbocycles. The summed E-state index contributed by atoms with van der Waals surface area (Å²) in [6.07, 6.45) is 2.19. The van der Waals surface area contributed by atoms with Crippen LogP contribution in [-0.4, -0.2) is 101 Å². The lowest BCUT2D eigenvalue weighted by atomic mass is 10.2. The molecule has 1 aromatic heterocycles. The highest BCUT2D eigenvalue weighted by atomic mass is 127. The second kappa shape index (κ2) is 15.0. The molecule has 0 radical (unpaired) electrons. The van der Waals surface area contributed by atoms with Crippen LogP contribution in [0.2, 0.25) is 0 Å². The molecule has 196 valence electrons. The Labute approximate surface area is 219 Å². The first kappa shape index (κ1) is 30.8. The second-order valence-corrected chi connectivity index (χ2v) is 9.46. The maximum atomic E-state index is 13.2. The summed E-state index contributed by atoms with van der Waals surface area (Å²) in [5.74, 6) is -1.98. The second-order valence-electron chi connectivity index (χ2n) is 8.11. The van der Waals surface area contributed by atoms with Crippen molar-refractivity contribution in [1.29, 1.82) is 0 Å². The van der Waals surface area contributed by atoms with Crippen molar-refractivity contribution in [1.82, 2.24) is 25.0 Å². The lowest BCUT2D eigenvalue weighted by Crippen LogP contribution is -2.41. The Balaban J connectivity index is 2.60. The number of aromatic nitrogens is 1. The van der Waals surface area contributed by atoms with Gasteiger partial charge in [0.05, 0.1) is 17.8 Å². The van der Waals surface area contributed by atoms with Crippen LogP contribution in [0.25, 0.3) is 0 Å². The van der Waals surface area contributed by atoms with E-state index in [9.17, 15) is 23.2 Å². The van der Waals surface area contributed by atoms with Gasteiger partial charge in [0.25, 0.3) is 0 Å². The van der Waals surface area contributed by atoms with Crippen LogP contribution >= 0.6 is 22.6 Å². The molecule has 1 heterocycles. The summed E-state index contributed by atoms with van der Waals surface area (Å²) in [6.45, 7) is 7.93. The number of nitrogens with one attached hydrogen (secondary N) is 1. The highest BCUT2D eigenvalue weighted by molar-refractivity contribution is 14.1. The van der Waals surface area contributed by atoms with Crippen LogP contribution in [0.15, 0.2) is 31.0 Å². The van der Waals surface area contributed by atoms with Crippen molar-refractivity contribution in [2.45, 2.75) is 29.9 Å². The number of ether oxygens (including phenoxy) is 1. The number of halogens is 3. The number of esters is 1. The summed E-state index contributed by atoms with van der Waals surface area (Å²) in [5.41, 5.74) is 0.799. The van der Waals surface area contributed by atoms with Gasteiger partial charge in [-0.15, -0.1) is 0 Å². The number of hydrogen-bond acceptors (Lipinski definition) is 7. The van der Waals surface area contributed by atoms with E-state index in [0.29, 0.717) is 18.8 Å². The van der Waals surface area contributed by atoms with Crippen molar-refractivity contribution in [2.75, 3.05) is 53.9 Å². The Bertz CT molecular complexity index is 867. The van der Waals surface area contributed by atoms with E-state index in [1.807, 2.05) is 25.9 Å². The fourth-order valence-corrected chi connectivity index (χ4v) is 3.37. The van der Waals surface area contributed by atoms with E-state index in [-0.39, 0.29) is 37.5 Å². The number of rotatable bonds is 15. The van der Waals surface area contributed by atoms with Gasteiger partial charge in [0.1, 0.15) is 6.10 Å².